The molecule has 0 saturated carbocycles. The molecule has 1 aromatic carbocycles. The number of carbonyl (C=O) groups excluding carboxylic acids is 1. The smallest absolute Gasteiger partial charge is 0.246 e. The van der Waals surface area contributed by atoms with Crippen LogP contribution in [0.5, 0.6) is 0 Å². The van der Waals surface area contributed by atoms with Gasteiger partial charge in [0.1, 0.15) is 6.54 Å². The molecule has 1 aromatic heterocycles. The van der Waals surface area contributed by atoms with E-state index in [0.29, 0.717) is 22.1 Å². The van der Waals surface area contributed by atoms with E-state index in [2.05, 4.69) is 10.4 Å². The van der Waals surface area contributed by atoms with Gasteiger partial charge >= 0.3 is 0 Å². The minimum Gasteiger partial charge on any atom is -0.399 e. The monoisotopic (exact) mass is 278 g/mol. The highest BCUT2D eigenvalue weighted by molar-refractivity contribution is 6.31. The summed E-state index contributed by atoms with van der Waals surface area (Å²) >= 11 is 5.89. The van der Waals surface area contributed by atoms with E-state index in [4.69, 9.17) is 17.3 Å². The van der Waals surface area contributed by atoms with Crippen LogP contribution in [0.25, 0.3) is 0 Å². The average Bonchev–Trinajstić information content (AvgIpc) is 2.63. The van der Waals surface area contributed by atoms with Gasteiger partial charge in [-0.2, -0.15) is 5.10 Å². The van der Waals surface area contributed by atoms with Gasteiger partial charge in [-0.05, 0) is 31.5 Å². The summed E-state index contributed by atoms with van der Waals surface area (Å²) in [5, 5.41) is 7.49. The fraction of sp³-hybridized carbons (Fsp3) is 0.231. The molecule has 0 atom stereocenters. The number of carbonyl (C=O) groups is 1. The summed E-state index contributed by atoms with van der Waals surface area (Å²) in [6.07, 6.45) is 1.63. The predicted molar refractivity (Wildman–Crippen MR) is 76.2 cm³/mol. The van der Waals surface area contributed by atoms with E-state index in [1.165, 1.54) is 4.68 Å². The summed E-state index contributed by atoms with van der Waals surface area (Å²) < 4.78 is 1.51. The van der Waals surface area contributed by atoms with Crippen LogP contribution in [-0.2, 0) is 11.3 Å². The molecule has 2 rings (SSSR count). The van der Waals surface area contributed by atoms with Gasteiger partial charge in [-0.3, -0.25) is 9.48 Å². The first-order valence-corrected chi connectivity index (χ1v) is 6.19. The van der Waals surface area contributed by atoms with E-state index in [1.807, 2.05) is 13.0 Å². The summed E-state index contributed by atoms with van der Waals surface area (Å²) in [6.45, 7) is 3.81. The number of nitrogen functional groups attached to an aromatic ring is 1. The van der Waals surface area contributed by atoms with Crippen molar-refractivity contribution in [3.8, 4) is 0 Å². The van der Waals surface area contributed by atoms with Gasteiger partial charge in [0.2, 0.25) is 5.91 Å². The third-order valence-electron chi connectivity index (χ3n) is 2.73. The first-order chi connectivity index (χ1) is 8.95. The molecule has 100 valence electrons. The third-order valence-corrected chi connectivity index (χ3v) is 3.10. The van der Waals surface area contributed by atoms with Crippen molar-refractivity contribution in [2.75, 3.05) is 11.1 Å². The van der Waals surface area contributed by atoms with Gasteiger partial charge in [-0.15, -0.1) is 0 Å². The quantitative estimate of drug-likeness (QED) is 0.847. The van der Waals surface area contributed by atoms with E-state index in [9.17, 15) is 4.79 Å². The molecule has 0 spiro atoms. The van der Waals surface area contributed by atoms with E-state index in [-0.39, 0.29) is 12.5 Å². The molecule has 19 heavy (non-hydrogen) atoms. The zero-order valence-electron chi connectivity index (χ0n) is 10.8. The topological polar surface area (TPSA) is 72.9 Å². The van der Waals surface area contributed by atoms with Crippen molar-refractivity contribution in [1.29, 1.82) is 0 Å². The number of anilines is 2. The van der Waals surface area contributed by atoms with E-state index in [1.54, 1.807) is 25.3 Å². The molecule has 0 unspecified atom stereocenters. The Morgan fingerprint density at radius 3 is 2.84 bits per heavy atom. The molecule has 0 radical (unpaired) electrons. The highest BCUT2D eigenvalue weighted by Gasteiger charge is 2.08. The minimum atomic E-state index is -0.173. The van der Waals surface area contributed by atoms with Crippen LogP contribution in [-0.4, -0.2) is 15.7 Å². The van der Waals surface area contributed by atoms with Crippen molar-refractivity contribution in [3.63, 3.8) is 0 Å². The molecule has 0 bridgehead atoms. The number of aromatic nitrogens is 2. The summed E-state index contributed by atoms with van der Waals surface area (Å²) in [6, 6.07) is 5.38. The van der Waals surface area contributed by atoms with Crippen LogP contribution in [0.1, 0.15) is 11.3 Å². The maximum Gasteiger partial charge on any atom is 0.246 e. The Kier molecular flexibility index (Phi) is 3.76. The fourth-order valence-electron chi connectivity index (χ4n) is 1.69. The Bertz CT molecular complexity index is 602. The van der Waals surface area contributed by atoms with Crippen molar-refractivity contribution < 1.29 is 4.79 Å². The lowest BCUT2D eigenvalue weighted by atomic mass is 10.2. The lowest BCUT2D eigenvalue weighted by Crippen LogP contribution is -2.19. The highest BCUT2D eigenvalue weighted by Crippen LogP contribution is 2.18. The SMILES string of the molecule is Cc1ccc(N)cc1NC(=O)Cn1cc(Cl)c(C)n1. The molecular weight excluding hydrogens is 264 g/mol. The number of benzene rings is 1. The first kappa shape index (κ1) is 13.4. The third kappa shape index (κ3) is 3.26. The van der Waals surface area contributed by atoms with Gasteiger partial charge in [0.15, 0.2) is 0 Å². The number of nitrogens with two attached hydrogens (primary N) is 1. The van der Waals surface area contributed by atoms with E-state index >= 15 is 0 Å². The van der Waals surface area contributed by atoms with Gasteiger partial charge in [-0.25, -0.2) is 0 Å². The molecule has 6 heteroatoms. The summed E-state index contributed by atoms with van der Waals surface area (Å²) in [7, 11) is 0. The zero-order chi connectivity index (χ0) is 14.0. The number of halogens is 1. The lowest BCUT2D eigenvalue weighted by Gasteiger charge is -2.09. The average molecular weight is 279 g/mol. The summed E-state index contributed by atoms with van der Waals surface area (Å²) in [5.41, 5.74) is 8.67. The largest absolute Gasteiger partial charge is 0.399 e. The molecule has 0 aliphatic carbocycles. The van der Waals surface area contributed by atoms with Gasteiger partial charge in [-0.1, -0.05) is 17.7 Å². The van der Waals surface area contributed by atoms with E-state index < -0.39 is 0 Å². The second kappa shape index (κ2) is 5.32. The Labute approximate surface area is 116 Å². The molecule has 0 saturated heterocycles. The Morgan fingerprint density at radius 2 is 2.21 bits per heavy atom. The molecule has 5 nitrogen and oxygen atoms in total. The highest BCUT2D eigenvalue weighted by atomic mass is 35.5. The van der Waals surface area contributed by atoms with Gasteiger partial charge < -0.3 is 11.1 Å². The van der Waals surface area contributed by atoms with Crippen molar-refractivity contribution in [1.82, 2.24) is 9.78 Å². The second-order valence-corrected chi connectivity index (χ2v) is 4.79. The number of hydrogen-bond acceptors (Lipinski definition) is 3. The standard InChI is InChI=1S/C13H15ClN4O/c1-8-3-4-10(15)5-12(8)16-13(19)7-18-6-11(14)9(2)17-18/h3-6H,7,15H2,1-2H3,(H,16,19). The first-order valence-electron chi connectivity index (χ1n) is 5.81. The molecule has 3 N–H and O–H groups in total. The summed E-state index contributed by atoms with van der Waals surface area (Å²) in [4.78, 5) is 11.9. The number of rotatable bonds is 3. The molecule has 0 aliphatic rings. The zero-order valence-corrected chi connectivity index (χ0v) is 11.5. The molecule has 2 aromatic rings. The van der Waals surface area contributed by atoms with Crippen LogP contribution < -0.4 is 11.1 Å². The Balaban J connectivity index is 2.07. The Morgan fingerprint density at radius 1 is 1.47 bits per heavy atom. The van der Waals surface area contributed by atoms with Gasteiger partial charge in [0, 0.05) is 17.6 Å². The molecule has 1 amide bonds. The maximum absolute atomic E-state index is 11.9. The van der Waals surface area contributed by atoms with Crippen LogP contribution in [0.4, 0.5) is 11.4 Å². The number of amides is 1. The summed E-state index contributed by atoms with van der Waals surface area (Å²) in [5.74, 6) is -0.173. The van der Waals surface area contributed by atoms with Crippen LogP contribution in [0, 0.1) is 13.8 Å². The van der Waals surface area contributed by atoms with Crippen molar-refractivity contribution in [2.24, 2.45) is 0 Å². The van der Waals surface area contributed by atoms with Gasteiger partial charge in [0.25, 0.3) is 0 Å². The number of aryl methyl sites for hydroxylation is 2. The molecule has 0 aliphatic heterocycles. The molecular formula is C13H15ClN4O. The van der Waals surface area contributed by atoms with Crippen LogP contribution in [0.15, 0.2) is 24.4 Å². The minimum absolute atomic E-state index is 0.113. The van der Waals surface area contributed by atoms with Crippen LogP contribution in [0.2, 0.25) is 5.02 Å². The molecule has 1 heterocycles. The van der Waals surface area contributed by atoms with Gasteiger partial charge in [0.05, 0.1) is 10.7 Å². The van der Waals surface area contributed by atoms with E-state index in [0.717, 1.165) is 5.56 Å². The van der Waals surface area contributed by atoms with Crippen molar-refractivity contribution in [3.05, 3.63) is 40.7 Å². The van der Waals surface area contributed by atoms with Crippen molar-refractivity contribution in [2.45, 2.75) is 20.4 Å². The van der Waals surface area contributed by atoms with Crippen molar-refractivity contribution >= 4 is 28.9 Å². The lowest BCUT2D eigenvalue weighted by molar-refractivity contribution is -0.116. The number of nitrogens with one attached hydrogen (secondary N) is 1. The fourth-order valence-corrected chi connectivity index (χ4v) is 1.84. The van der Waals surface area contributed by atoms with Crippen LogP contribution >= 0.6 is 11.6 Å². The second-order valence-electron chi connectivity index (χ2n) is 4.38. The number of nitrogens with zero attached hydrogens (tertiary/aromatic N) is 2. The molecule has 0 fully saturated rings. The normalized spacial score (nSPS) is 10.5. The number of hydrogen-bond donors (Lipinski definition) is 2. The predicted octanol–water partition coefficient (Wildman–Crippen LogP) is 2.37. The van der Waals surface area contributed by atoms with Crippen LogP contribution in [0.3, 0.4) is 0 Å². The Hall–Kier alpha value is -2.01. The maximum atomic E-state index is 11.9.